The van der Waals surface area contributed by atoms with Gasteiger partial charge in [-0.05, 0) is 31.5 Å². The van der Waals surface area contributed by atoms with E-state index in [2.05, 4.69) is 15.5 Å². The highest BCUT2D eigenvalue weighted by atomic mass is 35.5. The summed E-state index contributed by atoms with van der Waals surface area (Å²) in [4.78, 5) is 16.4. The molecule has 128 valence electrons. The summed E-state index contributed by atoms with van der Waals surface area (Å²) in [6.07, 6.45) is 1.52. The van der Waals surface area contributed by atoms with E-state index in [-0.39, 0.29) is 5.91 Å². The highest BCUT2D eigenvalue weighted by molar-refractivity contribution is 6.33. The Bertz CT molecular complexity index is 876. The van der Waals surface area contributed by atoms with Crippen molar-refractivity contribution in [1.29, 1.82) is 0 Å². The molecule has 6 heteroatoms. The maximum atomic E-state index is 12.0. The quantitative estimate of drug-likeness (QED) is 0.698. The van der Waals surface area contributed by atoms with Gasteiger partial charge in [-0.2, -0.15) is 4.98 Å². The van der Waals surface area contributed by atoms with Crippen LogP contribution in [0.1, 0.15) is 24.3 Å². The van der Waals surface area contributed by atoms with Gasteiger partial charge >= 0.3 is 0 Å². The van der Waals surface area contributed by atoms with Crippen LogP contribution in [-0.4, -0.2) is 16.0 Å². The van der Waals surface area contributed by atoms with Crippen LogP contribution in [0.5, 0.6) is 0 Å². The molecule has 25 heavy (non-hydrogen) atoms. The molecule has 3 rings (SSSR count). The number of benzene rings is 2. The fourth-order valence-corrected chi connectivity index (χ4v) is 2.62. The van der Waals surface area contributed by atoms with Crippen LogP contribution in [0.15, 0.2) is 53.1 Å². The predicted octanol–water partition coefficient (Wildman–Crippen LogP) is 4.66. The van der Waals surface area contributed by atoms with Gasteiger partial charge in [0.1, 0.15) is 0 Å². The summed E-state index contributed by atoms with van der Waals surface area (Å²) >= 11 is 6.02. The third-order valence-corrected chi connectivity index (χ3v) is 4.02. The fraction of sp³-hybridized carbons (Fsp3) is 0.211. The zero-order chi connectivity index (χ0) is 17.6. The number of nitrogens with zero attached hydrogens (tertiary/aromatic N) is 2. The Labute approximate surface area is 151 Å². The number of amides is 1. The zero-order valence-corrected chi connectivity index (χ0v) is 14.6. The molecular formula is C19H18ClN3O2. The van der Waals surface area contributed by atoms with Crippen LogP contribution in [0.4, 0.5) is 5.69 Å². The molecule has 0 bridgehead atoms. The molecule has 1 heterocycles. The van der Waals surface area contributed by atoms with Crippen LogP contribution in [0, 0.1) is 6.92 Å². The Hall–Kier alpha value is -2.66. The minimum Gasteiger partial charge on any atom is -0.339 e. The first-order valence-corrected chi connectivity index (χ1v) is 8.43. The van der Waals surface area contributed by atoms with Crippen molar-refractivity contribution in [1.82, 2.24) is 10.1 Å². The second kappa shape index (κ2) is 7.94. The summed E-state index contributed by atoms with van der Waals surface area (Å²) < 4.78 is 5.26. The lowest BCUT2D eigenvalue weighted by molar-refractivity contribution is -0.116. The Balaban J connectivity index is 1.51. The van der Waals surface area contributed by atoms with Gasteiger partial charge in [0.2, 0.25) is 17.6 Å². The third-order valence-electron chi connectivity index (χ3n) is 3.69. The largest absolute Gasteiger partial charge is 0.339 e. The van der Waals surface area contributed by atoms with Crippen LogP contribution in [-0.2, 0) is 11.2 Å². The monoisotopic (exact) mass is 355 g/mol. The van der Waals surface area contributed by atoms with Crippen molar-refractivity contribution in [2.24, 2.45) is 0 Å². The normalized spacial score (nSPS) is 10.6. The van der Waals surface area contributed by atoms with Gasteiger partial charge in [-0.1, -0.05) is 52.7 Å². The maximum absolute atomic E-state index is 12.0. The number of aryl methyl sites for hydroxylation is 2. The summed E-state index contributed by atoms with van der Waals surface area (Å²) in [6.45, 7) is 2.02. The Morgan fingerprint density at radius 2 is 2.04 bits per heavy atom. The second-order valence-electron chi connectivity index (χ2n) is 5.76. The molecule has 1 N–H and O–H groups in total. The van der Waals surface area contributed by atoms with Gasteiger partial charge in [0.05, 0.1) is 10.7 Å². The molecule has 2 aromatic carbocycles. The van der Waals surface area contributed by atoms with E-state index in [4.69, 9.17) is 16.1 Å². The van der Waals surface area contributed by atoms with E-state index in [1.165, 1.54) is 0 Å². The highest BCUT2D eigenvalue weighted by Gasteiger charge is 2.10. The number of hydrogen-bond acceptors (Lipinski definition) is 4. The molecule has 1 amide bonds. The molecule has 0 fully saturated rings. The lowest BCUT2D eigenvalue weighted by atomic mass is 10.1. The van der Waals surface area contributed by atoms with Gasteiger partial charge in [0, 0.05) is 18.4 Å². The minimum atomic E-state index is -0.0912. The number of para-hydroxylation sites is 1. The summed E-state index contributed by atoms with van der Waals surface area (Å²) in [7, 11) is 0. The van der Waals surface area contributed by atoms with E-state index >= 15 is 0 Å². The molecule has 0 atom stereocenters. The topological polar surface area (TPSA) is 68.0 Å². The van der Waals surface area contributed by atoms with Crippen LogP contribution in [0.25, 0.3) is 11.4 Å². The fourth-order valence-electron chi connectivity index (χ4n) is 2.43. The maximum Gasteiger partial charge on any atom is 0.226 e. The highest BCUT2D eigenvalue weighted by Crippen LogP contribution is 2.21. The summed E-state index contributed by atoms with van der Waals surface area (Å²) in [6, 6.07) is 15.1. The summed E-state index contributed by atoms with van der Waals surface area (Å²) in [5, 5.41) is 7.32. The molecule has 1 aromatic heterocycles. The SMILES string of the molecule is Cc1cccc(-c2noc(CCCC(=O)Nc3ccccc3Cl)n2)c1. The van der Waals surface area contributed by atoms with E-state index < -0.39 is 0 Å². The van der Waals surface area contributed by atoms with Crippen LogP contribution >= 0.6 is 11.6 Å². The molecule has 3 aromatic rings. The van der Waals surface area contributed by atoms with Gasteiger partial charge in [0.15, 0.2) is 0 Å². The van der Waals surface area contributed by atoms with Crippen LogP contribution < -0.4 is 5.32 Å². The van der Waals surface area contributed by atoms with Gasteiger partial charge < -0.3 is 9.84 Å². The number of aromatic nitrogens is 2. The molecule has 0 spiro atoms. The average Bonchev–Trinajstić information content (AvgIpc) is 3.06. The predicted molar refractivity (Wildman–Crippen MR) is 97.5 cm³/mol. The lowest BCUT2D eigenvalue weighted by Crippen LogP contribution is -2.11. The molecule has 0 saturated heterocycles. The Morgan fingerprint density at radius 3 is 2.84 bits per heavy atom. The van der Waals surface area contributed by atoms with Gasteiger partial charge in [-0.3, -0.25) is 4.79 Å². The van der Waals surface area contributed by atoms with Gasteiger partial charge in [-0.25, -0.2) is 0 Å². The standard InChI is InChI=1S/C19H18ClN3O2/c1-13-6-4-7-14(12-13)19-22-18(25-23-19)11-5-10-17(24)21-16-9-3-2-8-15(16)20/h2-4,6-9,12H,5,10-11H2,1H3,(H,21,24). The van der Waals surface area contributed by atoms with Crippen molar-refractivity contribution < 1.29 is 9.32 Å². The van der Waals surface area contributed by atoms with Crippen LogP contribution in [0.2, 0.25) is 5.02 Å². The third kappa shape index (κ3) is 4.67. The van der Waals surface area contributed by atoms with Crippen LogP contribution in [0.3, 0.4) is 0 Å². The molecule has 5 nitrogen and oxygen atoms in total. The van der Waals surface area contributed by atoms with Gasteiger partial charge in [0.25, 0.3) is 0 Å². The first-order valence-electron chi connectivity index (χ1n) is 8.06. The number of rotatable bonds is 6. The molecule has 0 aliphatic carbocycles. The first-order chi connectivity index (χ1) is 12.1. The molecule has 0 unspecified atom stereocenters. The minimum absolute atomic E-state index is 0.0912. The average molecular weight is 356 g/mol. The molecule has 0 saturated carbocycles. The van der Waals surface area contributed by atoms with E-state index in [1.54, 1.807) is 12.1 Å². The van der Waals surface area contributed by atoms with E-state index in [9.17, 15) is 4.79 Å². The smallest absolute Gasteiger partial charge is 0.226 e. The second-order valence-corrected chi connectivity index (χ2v) is 6.17. The van der Waals surface area contributed by atoms with Crippen molar-refractivity contribution in [3.8, 4) is 11.4 Å². The van der Waals surface area contributed by atoms with E-state index in [0.29, 0.717) is 41.7 Å². The Morgan fingerprint density at radius 1 is 1.20 bits per heavy atom. The molecule has 0 aliphatic heterocycles. The summed E-state index contributed by atoms with van der Waals surface area (Å²) in [5.74, 6) is 1.01. The Kier molecular flexibility index (Phi) is 5.46. The van der Waals surface area contributed by atoms with Crippen molar-refractivity contribution in [2.45, 2.75) is 26.2 Å². The lowest BCUT2D eigenvalue weighted by Gasteiger charge is -2.06. The van der Waals surface area contributed by atoms with Crippen molar-refractivity contribution in [3.05, 3.63) is 65.0 Å². The molecule has 0 aliphatic rings. The molecule has 0 radical (unpaired) electrons. The van der Waals surface area contributed by atoms with Gasteiger partial charge in [-0.15, -0.1) is 0 Å². The van der Waals surface area contributed by atoms with Crippen molar-refractivity contribution in [3.63, 3.8) is 0 Å². The van der Waals surface area contributed by atoms with E-state index in [0.717, 1.165) is 11.1 Å². The van der Waals surface area contributed by atoms with E-state index in [1.807, 2.05) is 43.3 Å². The van der Waals surface area contributed by atoms with Crippen molar-refractivity contribution in [2.75, 3.05) is 5.32 Å². The summed E-state index contributed by atoms with van der Waals surface area (Å²) in [5.41, 5.74) is 2.68. The number of nitrogens with one attached hydrogen (secondary N) is 1. The number of halogens is 1. The zero-order valence-electron chi connectivity index (χ0n) is 13.8. The number of carbonyl (C=O) groups excluding carboxylic acids is 1. The number of hydrogen-bond donors (Lipinski definition) is 1. The first kappa shape index (κ1) is 17.2. The number of anilines is 1. The molecular weight excluding hydrogens is 338 g/mol. The van der Waals surface area contributed by atoms with Crippen molar-refractivity contribution >= 4 is 23.2 Å². The number of carbonyl (C=O) groups is 1.